The number of benzene rings is 2. The highest BCUT2D eigenvalue weighted by atomic mass is 32.2. The lowest BCUT2D eigenvalue weighted by molar-refractivity contribution is 0.102. The molecule has 0 saturated heterocycles. The smallest absolute Gasteiger partial charge is 0.268 e. The van der Waals surface area contributed by atoms with E-state index >= 15 is 0 Å². The van der Waals surface area contributed by atoms with Gasteiger partial charge in [-0.05, 0) is 56.0 Å². The lowest BCUT2D eigenvalue weighted by Gasteiger charge is -2.21. The van der Waals surface area contributed by atoms with E-state index in [0.29, 0.717) is 36.5 Å². The number of nitrogens with one attached hydrogen (secondary N) is 1. The fraction of sp³-hybridized carbons (Fsp3) is 0.231. The van der Waals surface area contributed by atoms with Crippen molar-refractivity contribution in [3.05, 3.63) is 100 Å². The molecule has 0 saturated carbocycles. The molecule has 0 spiro atoms. The normalized spacial score (nSPS) is 15.0. The Morgan fingerprint density at radius 2 is 1.67 bits per heavy atom. The first-order valence-corrected chi connectivity index (χ1v) is 12.5. The van der Waals surface area contributed by atoms with Gasteiger partial charge >= 0.3 is 0 Å². The molecule has 1 N–H and O–H groups in total. The molecular weight excluding hydrogens is 434 g/mol. The summed E-state index contributed by atoms with van der Waals surface area (Å²) < 4.78 is 28.1. The van der Waals surface area contributed by atoms with Crippen LogP contribution in [0.25, 0.3) is 0 Å². The highest BCUT2D eigenvalue weighted by Crippen LogP contribution is 2.32. The molecule has 33 heavy (non-hydrogen) atoms. The van der Waals surface area contributed by atoms with Crippen LogP contribution in [0.5, 0.6) is 0 Å². The van der Waals surface area contributed by atoms with E-state index in [9.17, 15) is 13.2 Å². The molecule has 1 aromatic heterocycles. The summed E-state index contributed by atoms with van der Waals surface area (Å²) in [5.74, 6) is -0.323. The Hall–Kier alpha value is -3.45. The Kier molecular flexibility index (Phi) is 5.29. The monoisotopic (exact) mass is 459 g/mol. The Morgan fingerprint density at radius 3 is 2.36 bits per heavy atom. The summed E-state index contributed by atoms with van der Waals surface area (Å²) >= 11 is 0. The molecule has 0 radical (unpaired) electrons. The maximum atomic E-state index is 13.5. The average Bonchev–Trinajstić information content (AvgIpc) is 3.21. The second-order valence-electron chi connectivity index (χ2n) is 8.56. The van der Waals surface area contributed by atoms with Gasteiger partial charge in [0.05, 0.1) is 16.3 Å². The van der Waals surface area contributed by atoms with Gasteiger partial charge in [0.25, 0.3) is 10.0 Å². The van der Waals surface area contributed by atoms with Crippen molar-refractivity contribution >= 4 is 21.5 Å². The lowest BCUT2D eigenvalue weighted by atomic mass is 9.92. The number of hydrogen-bond donors (Lipinski definition) is 1. The molecule has 1 aliphatic heterocycles. The molecular formula is C26H25N3O3S. The third kappa shape index (κ3) is 3.82. The number of carbonyl (C=O) groups excluding carboxylic acids is 1. The summed E-state index contributed by atoms with van der Waals surface area (Å²) in [6.45, 7) is 5.07. The van der Waals surface area contributed by atoms with Crippen molar-refractivity contribution in [2.24, 2.45) is 4.99 Å². The van der Waals surface area contributed by atoms with Gasteiger partial charge in [-0.25, -0.2) is 12.4 Å². The van der Waals surface area contributed by atoms with Crippen molar-refractivity contribution in [1.29, 1.82) is 0 Å². The maximum absolute atomic E-state index is 13.5. The van der Waals surface area contributed by atoms with Crippen molar-refractivity contribution in [3.8, 4) is 0 Å². The first-order chi connectivity index (χ1) is 15.8. The quantitative estimate of drug-likeness (QED) is 0.611. The van der Waals surface area contributed by atoms with Crippen molar-refractivity contribution in [3.63, 3.8) is 0 Å². The predicted octanol–water partition coefficient (Wildman–Crippen LogP) is 3.60. The minimum Gasteiger partial charge on any atom is -0.381 e. The molecule has 168 valence electrons. The Labute approximate surface area is 193 Å². The minimum absolute atomic E-state index is 0.159. The zero-order valence-electron chi connectivity index (χ0n) is 18.6. The Morgan fingerprint density at radius 1 is 1.00 bits per heavy atom. The molecule has 1 aliphatic carbocycles. The number of allylic oxidation sites excluding steroid dienone is 2. The van der Waals surface area contributed by atoms with E-state index in [1.165, 1.54) is 11.1 Å². The van der Waals surface area contributed by atoms with Crippen LogP contribution < -0.4 is 5.32 Å². The molecule has 0 amide bonds. The van der Waals surface area contributed by atoms with E-state index in [0.717, 1.165) is 21.5 Å². The topological polar surface area (TPSA) is 80.5 Å². The van der Waals surface area contributed by atoms with Crippen LogP contribution in [0.1, 0.15) is 38.3 Å². The van der Waals surface area contributed by atoms with Gasteiger partial charge in [-0.2, -0.15) is 0 Å². The predicted molar refractivity (Wildman–Crippen MR) is 129 cm³/mol. The van der Waals surface area contributed by atoms with Gasteiger partial charge in [-0.15, -0.1) is 0 Å². The number of aliphatic imine (C=N–C) groups is 1. The van der Waals surface area contributed by atoms with Crippen LogP contribution in [0.15, 0.2) is 76.4 Å². The average molecular weight is 460 g/mol. The fourth-order valence-corrected chi connectivity index (χ4v) is 5.67. The van der Waals surface area contributed by atoms with Crippen LogP contribution in [-0.2, 0) is 22.9 Å². The zero-order valence-corrected chi connectivity index (χ0v) is 19.4. The van der Waals surface area contributed by atoms with E-state index < -0.39 is 10.0 Å². The van der Waals surface area contributed by atoms with Gasteiger partial charge in [0, 0.05) is 24.8 Å². The van der Waals surface area contributed by atoms with Gasteiger partial charge in [0.15, 0.2) is 0 Å². The highest BCUT2D eigenvalue weighted by molar-refractivity contribution is 7.90. The molecule has 2 aliphatic rings. The Balaban J connectivity index is 1.48. The summed E-state index contributed by atoms with van der Waals surface area (Å²) in [7, 11) is -3.92. The fourth-order valence-electron chi connectivity index (χ4n) is 4.29. The summed E-state index contributed by atoms with van der Waals surface area (Å²) in [6, 6.07) is 14.9. The minimum atomic E-state index is -3.92. The number of ketones is 1. The SMILES string of the molecule is Cc1ccc(CCNC2=CC3=NCCc4cn(S(=O)(=O)c5ccc(C)cc5)c(c43)C2=O)cc1. The van der Waals surface area contributed by atoms with E-state index in [4.69, 9.17) is 0 Å². The number of carbonyl (C=O) groups is 1. The summed E-state index contributed by atoms with van der Waals surface area (Å²) in [4.78, 5) is 18.2. The second kappa shape index (κ2) is 8.15. The van der Waals surface area contributed by atoms with E-state index in [1.54, 1.807) is 36.5 Å². The van der Waals surface area contributed by atoms with Gasteiger partial charge < -0.3 is 5.32 Å². The van der Waals surface area contributed by atoms with Crippen LogP contribution in [0, 0.1) is 13.8 Å². The van der Waals surface area contributed by atoms with Crippen LogP contribution >= 0.6 is 0 Å². The van der Waals surface area contributed by atoms with E-state index in [1.807, 2.05) is 13.8 Å². The Bertz CT molecular complexity index is 1410. The molecule has 7 heteroatoms. The molecule has 6 nitrogen and oxygen atoms in total. The number of Topliss-reactive ketones (excluding diaryl/α,β-unsaturated/α-hetero) is 1. The number of hydrogen-bond acceptors (Lipinski definition) is 5. The number of nitrogens with zero attached hydrogens (tertiary/aromatic N) is 2. The standard InChI is InChI=1S/C26H25N3O3S/c1-17-3-7-19(8-4-17)11-13-28-23-15-22-24-20(12-14-27-22)16-29(25(24)26(23)30)33(31,32)21-9-5-18(2)6-10-21/h3-10,15-16,28H,11-14H2,1-2H3. The lowest BCUT2D eigenvalue weighted by Crippen LogP contribution is -2.32. The third-order valence-electron chi connectivity index (χ3n) is 6.14. The second-order valence-corrected chi connectivity index (χ2v) is 10.4. The molecule has 0 unspecified atom stereocenters. The van der Waals surface area contributed by atoms with Gasteiger partial charge in [0.2, 0.25) is 5.78 Å². The molecule has 2 aromatic carbocycles. The van der Waals surface area contributed by atoms with Crippen molar-refractivity contribution in [2.45, 2.75) is 31.6 Å². The van der Waals surface area contributed by atoms with Crippen molar-refractivity contribution in [2.75, 3.05) is 13.1 Å². The van der Waals surface area contributed by atoms with E-state index in [2.05, 4.69) is 34.6 Å². The largest absolute Gasteiger partial charge is 0.381 e. The number of aromatic nitrogens is 1. The van der Waals surface area contributed by atoms with Crippen LogP contribution in [0.2, 0.25) is 0 Å². The highest BCUT2D eigenvalue weighted by Gasteiger charge is 2.36. The first-order valence-electron chi connectivity index (χ1n) is 11.0. The van der Waals surface area contributed by atoms with Crippen LogP contribution in [0.3, 0.4) is 0 Å². The third-order valence-corrected chi connectivity index (χ3v) is 7.81. The summed E-state index contributed by atoms with van der Waals surface area (Å²) in [5, 5.41) is 3.22. The van der Waals surface area contributed by atoms with Crippen LogP contribution in [-0.4, -0.2) is 37.0 Å². The zero-order chi connectivity index (χ0) is 23.2. The maximum Gasteiger partial charge on any atom is 0.268 e. The van der Waals surface area contributed by atoms with E-state index in [-0.39, 0.29) is 16.4 Å². The number of rotatable bonds is 6. The number of aryl methyl sites for hydroxylation is 2. The molecule has 5 rings (SSSR count). The summed E-state index contributed by atoms with van der Waals surface area (Å²) in [5.41, 5.74) is 6.04. The first kappa shape index (κ1) is 21.4. The van der Waals surface area contributed by atoms with Gasteiger partial charge in [-0.3, -0.25) is 9.79 Å². The summed E-state index contributed by atoms with van der Waals surface area (Å²) in [6.07, 6.45) is 4.71. The molecule has 3 aromatic rings. The van der Waals surface area contributed by atoms with Crippen molar-refractivity contribution < 1.29 is 13.2 Å². The van der Waals surface area contributed by atoms with Crippen LogP contribution in [0.4, 0.5) is 0 Å². The molecule has 0 atom stereocenters. The molecule has 0 bridgehead atoms. The molecule has 2 heterocycles. The molecule has 0 fully saturated rings. The van der Waals surface area contributed by atoms with Gasteiger partial charge in [0.1, 0.15) is 5.69 Å². The van der Waals surface area contributed by atoms with Gasteiger partial charge in [-0.1, -0.05) is 47.5 Å². The van der Waals surface area contributed by atoms with Crippen molar-refractivity contribution in [1.82, 2.24) is 9.29 Å².